The van der Waals surface area contributed by atoms with Gasteiger partial charge in [-0.05, 0) is 62.1 Å². The molecule has 1 amide bonds. The van der Waals surface area contributed by atoms with E-state index in [0.717, 1.165) is 25.9 Å². The van der Waals surface area contributed by atoms with Crippen LogP contribution in [-0.4, -0.2) is 45.5 Å². The third-order valence-corrected chi connectivity index (χ3v) is 7.16. The second kappa shape index (κ2) is 9.31. The van der Waals surface area contributed by atoms with Gasteiger partial charge in [-0.25, -0.2) is 8.42 Å². The number of carbonyl (C=O) groups is 1. The van der Waals surface area contributed by atoms with Crippen LogP contribution in [0.5, 0.6) is 5.75 Å². The van der Waals surface area contributed by atoms with Crippen LogP contribution in [-0.2, 0) is 14.8 Å². The number of nitrogens with zero attached hydrogens (tertiary/aromatic N) is 2. The Kier molecular flexibility index (Phi) is 6.79. The Hall–Kier alpha value is -2.54. The molecular weight excluding hydrogens is 388 g/mol. The van der Waals surface area contributed by atoms with Gasteiger partial charge in [0.1, 0.15) is 5.75 Å². The number of hydrogen-bond donors (Lipinski definition) is 0. The van der Waals surface area contributed by atoms with E-state index in [0.29, 0.717) is 23.9 Å². The Bertz CT molecular complexity index is 906. The molecule has 0 spiro atoms. The maximum Gasteiger partial charge on any atom is 0.264 e. The van der Waals surface area contributed by atoms with Crippen molar-refractivity contribution in [1.29, 1.82) is 0 Å². The lowest BCUT2D eigenvalue weighted by Gasteiger charge is -2.30. The second-order valence-corrected chi connectivity index (χ2v) is 9.19. The van der Waals surface area contributed by atoms with E-state index in [1.165, 1.54) is 16.4 Å². The molecule has 2 aromatic carbocycles. The van der Waals surface area contributed by atoms with Gasteiger partial charge in [-0.1, -0.05) is 25.1 Å². The molecule has 7 heteroatoms. The lowest BCUT2D eigenvalue weighted by Crippen LogP contribution is -2.40. The average molecular weight is 417 g/mol. The summed E-state index contributed by atoms with van der Waals surface area (Å²) in [5.74, 6) is 1.10. The summed E-state index contributed by atoms with van der Waals surface area (Å²) in [6.07, 6.45) is 2.04. The molecular formula is C22H28N2O4S. The first-order valence-electron chi connectivity index (χ1n) is 10.00. The van der Waals surface area contributed by atoms with E-state index in [1.807, 2.05) is 23.1 Å². The number of carbonyl (C=O) groups excluding carboxylic acids is 1. The molecule has 0 aromatic heterocycles. The normalized spacial score (nSPS) is 15.2. The van der Waals surface area contributed by atoms with E-state index in [9.17, 15) is 13.2 Å². The Labute approximate surface area is 173 Å². The molecule has 0 radical (unpaired) electrons. The molecule has 0 aliphatic carbocycles. The fraction of sp³-hybridized carbons (Fsp3) is 0.409. The van der Waals surface area contributed by atoms with Gasteiger partial charge in [-0.3, -0.25) is 9.10 Å². The summed E-state index contributed by atoms with van der Waals surface area (Å²) in [4.78, 5) is 14.3. The van der Waals surface area contributed by atoms with Gasteiger partial charge >= 0.3 is 0 Å². The molecule has 0 atom stereocenters. The standard InChI is InChI=1S/C22H28N2O4S/c1-3-24(19-7-5-4-6-8-19)29(26,27)21-11-9-20(10-12-21)28-17-22(25)23-15-13-18(2)14-16-23/h4-12,18H,3,13-17H2,1-2H3. The summed E-state index contributed by atoms with van der Waals surface area (Å²) in [5, 5.41) is 0. The SMILES string of the molecule is CCN(c1ccccc1)S(=O)(=O)c1ccc(OCC(=O)N2CCC(C)CC2)cc1. The van der Waals surface area contributed by atoms with Gasteiger partial charge in [0, 0.05) is 19.6 Å². The summed E-state index contributed by atoms with van der Waals surface area (Å²) in [6.45, 7) is 5.83. The molecule has 2 aromatic rings. The number of amides is 1. The molecule has 0 saturated carbocycles. The Morgan fingerprint density at radius 2 is 1.69 bits per heavy atom. The summed E-state index contributed by atoms with van der Waals surface area (Å²) >= 11 is 0. The van der Waals surface area contributed by atoms with E-state index in [1.54, 1.807) is 31.2 Å². The zero-order valence-corrected chi connectivity index (χ0v) is 17.8. The third kappa shape index (κ3) is 5.09. The van der Waals surface area contributed by atoms with Gasteiger partial charge < -0.3 is 9.64 Å². The van der Waals surface area contributed by atoms with Crippen LogP contribution < -0.4 is 9.04 Å². The van der Waals surface area contributed by atoms with Crippen LogP contribution in [0.1, 0.15) is 26.7 Å². The van der Waals surface area contributed by atoms with E-state index >= 15 is 0 Å². The molecule has 29 heavy (non-hydrogen) atoms. The molecule has 1 aliphatic heterocycles. The first-order valence-corrected chi connectivity index (χ1v) is 11.4. The highest BCUT2D eigenvalue weighted by molar-refractivity contribution is 7.92. The number of piperidine rings is 1. The zero-order chi connectivity index (χ0) is 20.9. The molecule has 1 aliphatic rings. The molecule has 0 unspecified atom stereocenters. The fourth-order valence-corrected chi connectivity index (χ4v) is 4.89. The summed E-state index contributed by atoms with van der Waals surface area (Å²) in [5.41, 5.74) is 0.622. The lowest BCUT2D eigenvalue weighted by atomic mass is 9.99. The van der Waals surface area contributed by atoms with E-state index < -0.39 is 10.0 Å². The Balaban J connectivity index is 1.64. The van der Waals surface area contributed by atoms with Crippen molar-refractivity contribution in [2.24, 2.45) is 5.92 Å². The van der Waals surface area contributed by atoms with Gasteiger partial charge in [0.2, 0.25) is 0 Å². The number of anilines is 1. The molecule has 1 saturated heterocycles. The van der Waals surface area contributed by atoms with Crippen molar-refractivity contribution in [2.45, 2.75) is 31.6 Å². The molecule has 156 valence electrons. The van der Waals surface area contributed by atoms with Crippen molar-refractivity contribution in [3.05, 3.63) is 54.6 Å². The smallest absolute Gasteiger partial charge is 0.264 e. The summed E-state index contributed by atoms with van der Waals surface area (Å²) in [6, 6.07) is 15.2. The van der Waals surface area contributed by atoms with E-state index in [2.05, 4.69) is 6.92 Å². The quantitative estimate of drug-likeness (QED) is 0.692. The second-order valence-electron chi connectivity index (χ2n) is 7.33. The van der Waals surface area contributed by atoms with Crippen LogP contribution in [0.25, 0.3) is 0 Å². The van der Waals surface area contributed by atoms with Crippen LogP contribution in [0.4, 0.5) is 5.69 Å². The van der Waals surface area contributed by atoms with E-state index in [4.69, 9.17) is 4.74 Å². The average Bonchev–Trinajstić information content (AvgIpc) is 2.74. The van der Waals surface area contributed by atoms with Crippen LogP contribution in [0.3, 0.4) is 0 Å². The molecule has 1 heterocycles. The highest BCUT2D eigenvalue weighted by Gasteiger charge is 2.24. The van der Waals surface area contributed by atoms with Crippen molar-refractivity contribution in [3.8, 4) is 5.75 Å². The topological polar surface area (TPSA) is 66.9 Å². The number of likely N-dealkylation sites (tertiary alicyclic amines) is 1. The molecule has 0 bridgehead atoms. The van der Waals surface area contributed by atoms with Crippen molar-refractivity contribution in [3.63, 3.8) is 0 Å². The van der Waals surface area contributed by atoms with Gasteiger partial charge in [-0.15, -0.1) is 0 Å². The maximum absolute atomic E-state index is 13.0. The first-order chi connectivity index (χ1) is 13.9. The van der Waals surface area contributed by atoms with Gasteiger partial charge in [0.05, 0.1) is 10.6 Å². The highest BCUT2D eigenvalue weighted by atomic mass is 32.2. The lowest BCUT2D eigenvalue weighted by molar-refractivity contribution is -0.134. The Morgan fingerprint density at radius 1 is 1.07 bits per heavy atom. The van der Waals surface area contributed by atoms with Crippen molar-refractivity contribution in [2.75, 3.05) is 30.5 Å². The number of rotatable bonds is 7. The summed E-state index contributed by atoms with van der Waals surface area (Å²) in [7, 11) is -3.67. The largest absolute Gasteiger partial charge is 0.484 e. The van der Waals surface area contributed by atoms with E-state index in [-0.39, 0.29) is 17.4 Å². The minimum atomic E-state index is -3.67. The molecule has 1 fully saturated rings. The van der Waals surface area contributed by atoms with Gasteiger partial charge in [-0.2, -0.15) is 0 Å². The fourth-order valence-electron chi connectivity index (χ4n) is 3.41. The number of ether oxygens (including phenoxy) is 1. The number of hydrogen-bond acceptors (Lipinski definition) is 4. The van der Waals surface area contributed by atoms with Crippen molar-refractivity contribution in [1.82, 2.24) is 4.90 Å². The Morgan fingerprint density at radius 3 is 2.28 bits per heavy atom. The number of para-hydroxylation sites is 1. The number of benzene rings is 2. The molecule has 6 nitrogen and oxygen atoms in total. The van der Waals surface area contributed by atoms with Crippen LogP contribution in [0.15, 0.2) is 59.5 Å². The molecule has 0 N–H and O–H groups in total. The summed E-state index contributed by atoms with van der Waals surface area (Å²) < 4.78 is 32.9. The van der Waals surface area contributed by atoms with Gasteiger partial charge in [0.25, 0.3) is 15.9 Å². The highest BCUT2D eigenvalue weighted by Crippen LogP contribution is 2.25. The van der Waals surface area contributed by atoms with Gasteiger partial charge in [0.15, 0.2) is 6.61 Å². The monoisotopic (exact) mass is 416 g/mol. The predicted octanol–water partition coefficient (Wildman–Crippen LogP) is 3.54. The van der Waals surface area contributed by atoms with Crippen LogP contribution in [0, 0.1) is 5.92 Å². The maximum atomic E-state index is 13.0. The minimum Gasteiger partial charge on any atom is -0.484 e. The minimum absolute atomic E-state index is 0.0326. The first kappa shape index (κ1) is 21.2. The van der Waals surface area contributed by atoms with Crippen LogP contribution >= 0.6 is 0 Å². The third-order valence-electron chi connectivity index (χ3n) is 5.24. The predicted molar refractivity (Wildman–Crippen MR) is 114 cm³/mol. The van der Waals surface area contributed by atoms with Crippen molar-refractivity contribution >= 4 is 21.6 Å². The van der Waals surface area contributed by atoms with Crippen molar-refractivity contribution < 1.29 is 17.9 Å². The number of sulfonamides is 1. The van der Waals surface area contributed by atoms with Crippen LogP contribution in [0.2, 0.25) is 0 Å². The zero-order valence-electron chi connectivity index (χ0n) is 17.0. The molecule has 3 rings (SSSR count).